The number of carboxylic acids is 1. The molecule has 0 atom stereocenters. The fourth-order valence-electron chi connectivity index (χ4n) is 2.86. The predicted molar refractivity (Wildman–Crippen MR) is 115 cm³/mol. The summed E-state index contributed by atoms with van der Waals surface area (Å²) in [6.07, 6.45) is 1.02. The first kappa shape index (κ1) is 22.0. The summed E-state index contributed by atoms with van der Waals surface area (Å²) in [4.78, 5) is 23.3. The van der Waals surface area contributed by atoms with Gasteiger partial charge in [-0.2, -0.15) is 0 Å². The predicted octanol–water partition coefficient (Wildman–Crippen LogP) is 3.74. The highest BCUT2D eigenvalue weighted by Gasteiger charge is 2.20. The van der Waals surface area contributed by atoms with Gasteiger partial charge in [0.2, 0.25) is 10.0 Å². The third kappa shape index (κ3) is 5.46. The molecule has 9 heteroatoms. The van der Waals surface area contributed by atoms with E-state index in [9.17, 15) is 22.4 Å². The first-order valence-corrected chi connectivity index (χ1v) is 11.0. The van der Waals surface area contributed by atoms with Crippen molar-refractivity contribution in [2.75, 3.05) is 15.9 Å². The minimum atomic E-state index is -3.71. The summed E-state index contributed by atoms with van der Waals surface area (Å²) in [6.45, 7) is -0.188. The number of aromatic carboxylic acids is 1. The summed E-state index contributed by atoms with van der Waals surface area (Å²) >= 11 is 0. The number of nitrogens with zero attached hydrogens (tertiary/aromatic N) is 1. The topological polar surface area (TPSA) is 104 Å². The van der Waals surface area contributed by atoms with Crippen LogP contribution in [0.5, 0.6) is 0 Å². The van der Waals surface area contributed by atoms with Crippen LogP contribution in [0, 0.1) is 5.82 Å². The lowest BCUT2D eigenvalue weighted by atomic mass is 10.1. The molecule has 0 saturated carbocycles. The number of anilines is 2. The highest BCUT2D eigenvalue weighted by molar-refractivity contribution is 7.92. The van der Waals surface area contributed by atoms with Crippen LogP contribution < -0.4 is 9.62 Å². The zero-order valence-electron chi connectivity index (χ0n) is 16.4. The summed E-state index contributed by atoms with van der Waals surface area (Å²) in [6, 6.07) is 17.4. The number of carboxylic acid groups (broad SMARTS) is 1. The fourth-order valence-corrected chi connectivity index (χ4v) is 3.74. The van der Waals surface area contributed by atoms with E-state index >= 15 is 0 Å². The molecule has 0 spiro atoms. The van der Waals surface area contributed by atoms with Gasteiger partial charge in [0.25, 0.3) is 5.91 Å². The van der Waals surface area contributed by atoms with Crippen LogP contribution in [0.15, 0.2) is 72.8 Å². The smallest absolute Gasteiger partial charge is 0.335 e. The number of hydrogen-bond donors (Lipinski definition) is 2. The van der Waals surface area contributed by atoms with E-state index < -0.39 is 27.7 Å². The van der Waals surface area contributed by atoms with E-state index in [1.807, 2.05) is 0 Å². The zero-order valence-corrected chi connectivity index (χ0v) is 17.3. The van der Waals surface area contributed by atoms with Crippen LogP contribution in [-0.4, -0.2) is 31.7 Å². The van der Waals surface area contributed by atoms with Crippen molar-refractivity contribution in [2.45, 2.75) is 6.54 Å². The summed E-state index contributed by atoms with van der Waals surface area (Å²) in [5.41, 5.74) is 1.28. The lowest BCUT2D eigenvalue weighted by Gasteiger charge is -2.23. The summed E-state index contributed by atoms with van der Waals surface area (Å²) in [5, 5.41) is 11.6. The van der Waals surface area contributed by atoms with Gasteiger partial charge in [-0.15, -0.1) is 0 Å². The van der Waals surface area contributed by atoms with Gasteiger partial charge in [0.15, 0.2) is 0 Å². The minimum Gasteiger partial charge on any atom is -0.478 e. The lowest BCUT2D eigenvalue weighted by Crippen LogP contribution is -2.29. The Morgan fingerprint density at radius 2 is 1.52 bits per heavy atom. The Labute approximate surface area is 178 Å². The van der Waals surface area contributed by atoms with Crippen LogP contribution >= 0.6 is 0 Å². The maximum Gasteiger partial charge on any atom is 0.335 e. The molecule has 7 nitrogen and oxygen atoms in total. The summed E-state index contributed by atoms with van der Waals surface area (Å²) in [7, 11) is -3.71. The molecule has 2 N–H and O–H groups in total. The molecule has 0 fully saturated rings. The molecule has 0 radical (unpaired) electrons. The van der Waals surface area contributed by atoms with E-state index in [0.29, 0.717) is 5.69 Å². The number of rotatable bonds is 7. The molecular weight excluding hydrogens is 423 g/mol. The largest absolute Gasteiger partial charge is 0.478 e. The lowest BCUT2D eigenvalue weighted by molar-refractivity contribution is 0.0696. The third-order valence-corrected chi connectivity index (χ3v) is 5.62. The van der Waals surface area contributed by atoms with Crippen LogP contribution in [-0.2, 0) is 16.6 Å². The quantitative estimate of drug-likeness (QED) is 0.580. The monoisotopic (exact) mass is 442 g/mol. The van der Waals surface area contributed by atoms with Gasteiger partial charge in [-0.05, 0) is 54.6 Å². The van der Waals surface area contributed by atoms with E-state index in [0.717, 1.165) is 10.6 Å². The van der Waals surface area contributed by atoms with Gasteiger partial charge in [0.1, 0.15) is 5.82 Å². The Morgan fingerprint density at radius 1 is 0.935 bits per heavy atom. The molecule has 3 rings (SSSR count). The molecule has 31 heavy (non-hydrogen) atoms. The number of hydrogen-bond acceptors (Lipinski definition) is 4. The third-order valence-electron chi connectivity index (χ3n) is 4.48. The first-order valence-electron chi connectivity index (χ1n) is 9.11. The number of carbonyl (C=O) groups excluding carboxylic acids is 1. The first-order chi connectivity index (χ1) is 14.6. The van der Waals surface area contributed by atoms with Crippen LogP contribution in [0.4, 0.5) is 15.8 Å². The standard InChI is InChI=1S/C22H19FN2O5S/c1-31(29,30)25(14-17-4-2-3-5-20(17)23)19-12-8-15(9-13-19)21(26)24-18-10-6-16(7-11-18)22(27)28/h2-13H,14H2,1H3,(H,24,26)(H,27,28). The van der Waals surface area contributed by atoms with Crippen molar-refractivity contribution in [3.05, 3.63) is 95.3 Å². The normalized spacial score (nSPS) is 11.0. The number of benzene rings is 3. The van der Waals surface area contributed by atoms with Gasteiger partial charge < -0.3 is 10.4 Å². The van der Waals surface area contributed by atoms with Crippen LogP contribution in [0.1, 0.15) is 26.3 Å². The Morgan fingerprint density at radius 3 is 2.06 bits per heavy atom. The van der Waals surface area contributed by atoms with E-state index in [2.05, 4.69) is 5.32 Å². The Kier molecular flexibility index (Phi) is 6.36. The molecule has 0 aliphatic carbocycles. The Balaban J connectivity index is 1.78. The molecule has 1 amide bonds. The molecule has 0 aliphatic rings. The van der Waals surface area contributed by atoms with Crippen molar-refractivity contribution < 1.29 is 27.5 Å². The van der Waals surface area contributed by atoms with E-state index in [4.69, 9.17) is 5.11 Å². The summed E-state index contributed by atoms with van der Waals surface area (Å²) in [5.74, 6) is -2.03. The van der Waals surface area contributed by atoms with E-state index in [1.165, 1.54) is 66.7 Å². The van der Waals surface area contributed by atoms with E-state index in [-0.39, 0.29) is 28.9 Å². The maximum absolute atomic E-state index is 14.0. The fraction of sp³-hybridized carbons (Fsp3) is 0.0909. The number of halogens is 1. The second-order valence-corrected chi connectivity index (χ2v) is 8.65. The van der Waals surface area contributed by atoms with Gasteiger partial charge in [-0.25, -0.2) is 17.6 Å². The second kappa shape index (κ2) is 8.97. The van der Waals surface area contributed by atoms with Gasteiger partial charge >= 0.3 is 5.97 Å². The number of sulfonamides is 1. The highest BCUT2D eigenvalue weighted by atomic mass is 32.2. The van der Waals surface area contributed by atoms with Gasteiger partial charge in [0.05, 0.1) is 24.1 Å². The van der Waals surface area contributed by atoms with Crippen molar-refractivity contribution in [1.29, 1.82) is 0 Å². The molecular formula is C22H19FN2O5S. The maximum atomic E-state index is 14.0. The zero-order chi connectivity index (χ0) is 22.6. The molecule has 0 saturated heterocycles. The number of nitrogens with one attached hydrogen (secondary N) is 1. The van der Waals surface area contributed by atoms with Crippen molar-refractivity contribution in [3.8, 4) is 0 Å². The molecule has 0 aromatic heterocycles. The number of carbonyl (C=O) groups is 2. The SMILES string of the molecule is CS(=O)(=O)N(Cc1ccccc1F)c1ccc(C(=O)Nc2ccc(C(=O)O)cc2)cc1. The molecule has 0 heterocycles. The minimum absolute atomic E-state index is 0.0954. The van der Waals surface area contributed by atoms with Gasteiger partial charge in [-0.3, -0.25) is 9.10 Å². The van der Waals surface area contributed by atoms with Crippen LogP contribution in [0.2, 0.25) is 0 Å². The molecule has 160 valence electrons. The number of amides is 1. The van der Waals surface area contributed by atoms with E-state index in [1.54, 1.807) is 6.07 Å². The summed E-state index contributed by atoms with van der Waals surface area (Å²) < 4.78 is 39.6. The van der Waals surface area contributed by atoms with Gasteiger partial charge in [-0.1, -0.05) is 18.2 Å². The van der Waals surface area contributed by atoms with Crippen molar-refractivity contribution >= 4 is 33.3 Å². The highest BCUT2D eigenvalue weighted by Crippen LogP contribution is 2.23. The van der Waals surface area contributed by atoms with Crippen molar-refractivity contribution in [1.82, 2.24) is 0 Å². The Hall–Kier alpha value is -3.72. The van der Waals surface area contributed by atoms with Crippen molar-refractivity contribution in [3.63, 3.8) is 0 Å². The molecule has 0 bridgehead atoms. The molecule has 0 unspecified atom stereocenters. The second-order valence-electron chi connectivity index (χ2n) is 6.74. The Bertz CT molecular complexity index is 1210. The molecule has 3 aromatic rings. The van der Waals surface area contributed by atoms with Crippen molar-refractivity contribution in [2.24, 2.45) is 0 Å². The van der Waals surface area contributed by atoms with Crippen LogP contribution in [0.25, 0.3) is 0 Å². The average Bonchev–Trinajstić information content (AvgIpc) is 2.73. The average molecular weight is 442 g/mol. The van der Waals surface area contributed by atoms with Crippen LogP contribution in [0.3, 0.4) is 0 Å². The van der Waals surface area contributed by atoms with Gasteiger partial charge in [0, 0.05) is 16.8 Å². The molecule has 0 aliphatic heterocycles. The molecule has 3 aromatic carbocycles.